The van der Waals surface area contributed by atoms with Crippen molar-refractivity contribution in [3.63, 3.8) is 0 Å². The summed E-state index contributed by atoms with van der Waals surface area (Å²) < 4.78 is 7.41. The largest absolute Gasteiger partial charge is 0.496 e. The number of aromatic nitrogens is 3. The maximum Gasteiger partial charge on any atom is 0.229 e. The van der Waals surface area contributed by atoms with Gasteiger partial charge in [0.25, 0.3) is 0 Å². The first-order chi connectivity index (χ1) is 17.3. The first-order valence-electron chi connectivity index (χ1n) is 13.1. The molecule has 2 aromatic carbocycles. The van der Waals surface area contributed by atoms with Gasteiger partial charge in [0.1, 0.15) is 17.5 Å². The molecule has 190 valence electrons. The summed E-state index contributed by atoms with van der Waals surface area (Å²) in [6.45, 7) is 10.0. The molecule has 3 fully saturated rings. The molecule has 36 heavy (non-hydrogen) atoms. The zero-order valence-electron chi connectivity index (χ0n) is 21.8. The number of piperidine rings is 3. The van der Waals surface area contributed by atoms with E-state index in [4.69, 9.17) is 4.74 Å². The third-order valence-corrected chi connectivity index (χ3v) is 8.03. The number of hydrogen-bond acceptors (Lipinski definition) is 4. The van der Waals surface area contributed by atoms with Crippen molar-refractivity contribution in [3.8, 4) is 17.0 Å². The highest BCUT2D eigenvalue weighted by Gasteiger charge is 2.46. The van der Waals surface area contributed by atoms with Crippen LogP contribution in [0.15, 0.2) is 54.7 Å². The highest BCUT2D eigenvalue weighted by molar-refractivity contribution is 5.79. The van der Waals surface area contributed by atoms with Crippen molar-refractivity contribution in [1.29, 1.82) is 0 Å². The Bertz CT molecular complexity index is 1200. The highest BCUT2D eigenvalue weighted by Crippen LogP contribution is 2.29. The van der Waals surface area contributed by atoms with Crippen molar-refractivity contribution < 1.29 is 14.4 Å². The van der Waals surface area contributed by atoms with Crippen molar-refractivity contribution in [1.82, 2.24) is 20.3 Å². The Balaban J connectivity index is 1.18. The van der Waals surface area contributed by atoms with E-state index < -0.39 is 0 Å². The monoisotopic (exact) mass is 488 g/mol. The average molecular weight is 489 g/mol. The third-order valence-electron chi connectivity index (χ3n) is 8.03. The van der Waals surface area contributed by atoms with Crippen LogP contribution in [0.2, 0.25) is 0 Å². The Labute approximate surface area is 213 Å². The Morgan fingerprint density at radius 2 is 1.94 bits per heavy atom. The minimum absolute atomic E-state index is 0.0762. The smallest absolute Gasteiger partial charge is 0.229 e. The molecular weight excluding hydrogens is 450 g/mol. The Hall–Kier alpha value is -3.19. The van der Waals surface area contributed by atoms with Gasteiger partial charge in [-0.05, 0) is 23.0 Å². The molecule has 0 radical (unpaired) electrons. The predicted molar refractivity (Wildman–Crippen MR) is 140 cm³/mol. The Kier molecular flexibility index (Phi) is 6.84. The number of benzene rings is 2. The molecule has 3 aromatic rings. The maximum atomic E-state index is 13.1. The number of nitrogens with one attached hydrogen (secondary N) is 2. The molecule has 0 saturated carbocycles. The van der Waals surface area contributed by atoms with Gasteiger partial charge in [-0.15, -0.1) is 5.10 Å². The average Bonchev–Trinajstić information content (AvgIpc) is 3.36. The lowest BCUT2D eigenvalue weighted by atomic mass is 9.75. The molecule has 4 heterocycles. The molecule has 7 nitrogen and oxygen atoms in total. The molecule has 4 atom stereocenters. The van der Waals surface area contributed by atoms with Gasteiger partial charge in [0.2, 0.25) is 5.91 Å². The second-order valence-electron chi connectivity index (χ2n) is 11.4. The molecular formula is C29H38N5O2+. The normalized spacial score (nSPS) is 23.4. The van der Waals surface area contributed by atoms with E-state index in [1.807, 2.05) is 28.9 Å². The molecule has 1 unspecified atom stereocenters. The van der Waals surface area contributed by atoms with Gasteiger partial charge in [-0.2, -0.15) is 0 Å². The third kappa shape index (κ3) is 5.16. The first kappa shape index (κ1) is 24.5. The summed E-state index contributed by atoms with van der Waals surface area (Å²) in [5, 5.41) is 12.1. The van der Waals surface area contributed by atoms with E-state index in [0.717, 1.165) is 55.0 Å². The Morgan fingerprint density at radius 1 is 1.17 bits per heavy atom. The fourth-order valence-corrected chi connectivity index (χ4v) is 5.87. The van der Waals surface area contributed by atoms with Crippen molar-refractivity contribution in [3.05, 3.63) is 65.9 Å². The molecule has 3 aliphatic heterocycles. The van der Waals surface area contributed by atoms with Gasteiger partial charge in [-0.25, -0.2) is 4.68 Å². The molecule has 1 amide bonds. The summed E-state index contributed by atoms with van der Waals surface area (Å²) in [6, 6.07) is 17.0. The summed E-state index contributed by atoms with van der Waals surface area (Å²) >= 11 is 0. The van der Waals surface area contributed by atoms with E-state index >= 15 is 0 Å². The van der Waals surface area contributed by atoms with Crippen LogP contribution < -0.4 is 15.0 Å². The van der Waals surface area contributed by atoms with E-state index in [2.05, 4.69) is 66.9 Å². The number of methoxy groups -OCH3 is 1. The Morgan fingerprint density at radius 3 is 2.64 bits per heavy atom. The van der Waals surface area contributed by atoms with E-state index in [1.165, 1.54) is 10.5 Å². The van der Waals surface area contributed by atoms with Crippen LogP contribution in [0.4, 0.5) is 0 Å². The number of amides is 1. The fraction of sp³-hybridized carbons (Fsp3) is 0.483. The lowest BCUT2D eigenvalue weighted by Gasteiger charge is -2.46. The zero-order valence-corrected chi connectivity index (χ0v) is 21.8. The van der Waals surface area contributed by atoms with Gasteiger partial charge >= 0.3 is 0 Å². The van der Waals surface area contributed by atoms with Crippen LogP contribution in [0, 0.1) is 11.8 Å². The number of quaternary nitrogens is 1. The number of para-hydroxylation sites is 1. The molecule has 1 aromatic heterocycles. The predicted octanol–water partition coefficient (Wildman–Crippen LogP) is 2.86. The van der Waals surface area contributed by atoms with Crippen LogP contribution in [-0.2, 0) is 23.3 Å². The van der Waals surface area contributed by atoms with Crippen LogP contribution in [0.5, 0.6) is 5.75 Å². The summed E-state index contributed by atoms with van der Waals surface area (Å²) in [5.74, 6) is 1.49. The van der Waals surface area contributed by atoms with Crippen molar-refractivity contribution >= 4 is 5.91 Å². The van der Waals surface area contributed by atoms with Crippen LogP contribution in [0.1, 0.15) is 44.7 Å². The number of fused-ring (bicyclic) bond motifs is 3. The van der Waals surface area contributed by atoms with Gasteiger partial charge in [0.15, 0.2) is 0 Å². The van der Waals surface area contributed by atoms with Gasteiger partial charge < -0.3 is 15.0 Å². The van der Waals surface area contributed by atoms with E-state index in [9.17, 15) is 4.79 Å². The van der Waals surface area contributed by atoms with Crippen LogP contribution in [0.25, 0.3) is 11.3 Å². The number of hydrogen-bond donors (Lipinski definition) is 2. The highest BCUT2D eigenvalue weighted by atomic mass is 16.5. The van der Waals surface area contributed by atoms with E-state index in [1.54, 1.807) is 7.11 Å². The van der Waals surface area contributed by atoms with E-state index in [0.29, 0.717) is 18.5 Å². The van der Waals surface area contributed by atoms with Crippen molar-refractivity contribution in [2.75, 3.05) is 20.2 Å². The number of ether oxygens (including phenoxy) is 1. The quantitative estimate of drug-likeness (QED) is 0.537. The van der Waals surface area contributed by atoms with Crippen LogP contribution >= 0.6 is 0 Å². The topological polar surface area (TPSA) is 73.5 Å². The van der Waals surface area contributed by atoms with Crippen LogP contribution in [0.3, 0.4) is 0 Å². The number of carbonyl (C=O) groups excluding carboxylic acids is 1. The molecule has 0 aliphatic carbocycles. The zero-order chi connectivity index (χ0) is 25.3. The van der Waals surface area contributed by atoms with Gasteiger partial charge in [-0.3, -0.25) is 4.79 Å². The standard InChI is InChI=1S/C29H37N5O2/c1-29(2,3)23-11-9-20(10-12-23)26-19-34(32-31-26)17-24-15-21-13-14-33(24)18-25(21)28(35)30-16-22-7-5-6-8-27(22)36-4/h5-12,19,21,24-25H,13-18H2,1-4H3,(H,30,35)/p+1/t21-,24+,25-/m0/s1. The number of nitrogens with zero attached hydrogens (tertiary/aromatic N) is 3. The minimum atomic E-state index is 0.0762. The first-order valence-corrected chi connectivity index (χ1v) is 13.1. The summed E-state index contributed by atoms with van der Waals surface area (Å²) in [5.41, 5.74) is 4.47. The second-order valence-corrected chi connectivity index (χ2v) is 11.4. The SMILES string of the molecule is COc1ccccc1CNC(=O)[C@H]1C[NH+]2CC[C@H]1C[C@@H]2Cn1cc(-c2ccc(C(C)(C)C)cc2)nn1. The fourth-order valence-electron chi connectivity index (χ4n) is 5.87. The molecule has 3 saturated heterocycles. The van der Waals surface area contributed by atoms with Crippen molar-refractivity contribution in [2.45, 2.75) is 58.2 Å². The molecule has 0 spiro atoms. The lowest BCUT2D eigenvalue weighted by Crippen LogP contribution is -3.20. The lowest BCUT2D eigenvalue weighted by molar-refractivity contribution is -0.945. The summed E-state index contributed by atoms with van der Waals surface area (Å²) in [4.78, 5) is 14.6. The summed E-state index contributed by atoms with van der Waals surface area (Å²) in [6.07, 6.45) is 4.23. The van der Waals surface area contributed by atoms with Crippen molar-refractivity contribution in [2.24, 2.45) is 11.8 Å². The van der Waals surface area contributed by atoms with Gasteiger partial charge in [0.05, 0.1) is 38.9 Å². The molecule has 7 heteroatoms. The molecule has 6 rings (SSSR count). The van der Waals surface area contributed by atoms with E-state index in [-0.39, 0.29) is 17.2 Å². The maximum absolute atomic E-state index is 13.1. The van der Waals surface area contributed by atoms with Gasteiger partial charge in [-0.1, -0.05) is 68.4 Å². The minimum Gasteiger partial charge on any atom is -0.496 e. The van der Waals surface area contributed by atoms with Gasteiger partial charge in [0, 0.05) is 30.5 Å². The molecule has 2 N–H and O–H groups in total. The second kappa shape index (κ2) is 10.1. The molecule has 2 bridgehead atoms. The molecule has 3 aliphatic rings. The van der Waals surface area contributed by atoms with Crippen LogP contribution in [-0.4, -0.2) is 47.1 Å². The summed E-state index contributed by atoms with van der Waals surface area (Å²) in [7, 11) is 1.66. The number of rotatable bonds is 7. The number of carbonyl (C=O) groups is 1.